The number of carboxylic acids is 1. The van der Waals surface area contributed by atoms with Crippen LogP contribution in [0.5, 0.6) is 0 Å². The van der Waals surface area contributed by atoms with Crippen molar-refractivity contribution in [1.29, 1.82) is 0 Å². The Balaban J connectivity index is 1.63. The number of aryl methyl sites for hydroxylation is 2. The molecule has 1 aliphatic heterocycles. The number of amides is 2. The van der Waals surface area contributed by atoms with Crippen LogP contribution in [0.25, 0.3) is 0 Å². The number of likely N-dealkylation sites (tertiary alicyclic amines) is 1. The van der Waals surface area contributed by atoms with E-state index >= 15 is 0 Å². The van der Waals surface area contributed by atoms with Gasteiger partial charge in [0.05, 0.1) is 5.92 Å². The molecule has 2 N–H and O–H groups in total. The molecule has 1 aromatic carbocycles. The highest BCUT2D eigenvalue weighted by Crippen LogP contribution is 2.43. The Morgan fingerprint density at radius 2 is 2.04 bits per heavy atom. The van der Waals surface area contributed by atoms with Crippen LogP contribution in [0.2, 0.25) is 0 Å². The molecule has 1 saturated heterocycles. The normalized spacial score (nSPS) is 22.1. The molecule has 1 atom stereocenters. The van der Waals surface area contributed by atoms with Crippen LogP contribution in [-0.4, -0.2) is 41.6 Å². The lowest BCUT2D eigenvalue weighted by Crippen LogP contribution is -2.49. The molecule has 2 fully saturated rings. The summed E-state index contributed by atoms with van der Waals surface area (Å²) >= 11 is 0. The number of benzene rings is 1. The summed E-state index contributed by atoms with van der Waals surface area (Å²) in [7, 11) is 0. The van der Waals surface area contributed by atoms with Crippen molar-refractivity contribution in [2.45, 2.75) is 44.9 Å². The van der Waals surface area contributed by atoms with Crippen LogP contribution in [0.3, 0.4) is 0 Å². The lowest BCUT2D eigenvalue weighted by atomic mass is 9.64. The van der Waals surface area contributed by atoms with Gasteiger partial charge < -0.3 is 15.3 Å². The molecule has 3 rings (SSSR count). The summed E-state index contributed by atoms with van der Waals surface area (Å²) in [6.07, 6.45) is 3.92. The molecule has 0 aromatic heterocycles. The quantitative estimate of drug-likeness (QED) is 0.892. The SMILES string of the molecule is Cc1ccc(C2(CNC(=O)N3CCC(C(=O)O)C3)CCC2)cc1C. The van der Waals surface area contributed by atoms with E-state index in [0.29, 0.717) is 26.1 Å². The number of hydrogen-bond donors (Lipinski definition) is 2. The fourth-order valence-electron chi connectivity index (χ4n) is 3.75. The summed E-state index contributed by atoms with van der Waals surface area (Å²) in [4.78, 5) is 25.0. The molecule has 1 aromatic rings. The Bertz CT molecular complexity index is 652. The fourth-order valence-corrected chi connectivity index (χ4v) is 3.75. The van der Waals surface area contributed by atoms with Gasteiger partial charge in [0.15, 0.2) is 0 Å². The second-order valence-electron chi connectivity index (χ2n) is 7.36. The lowest BCUT2D eigenvalue weighted by molar-refractivity contribution is -0.141. The maximum Gasteiger partial charge on any atom is 0.317 e. The lowest BCUT2D eigenvalue weighted by Gasteiger charge is -2.43. The number of nitrogens with zero attached hydrogens (tertiary/aromatic N) is 1. The zero-order valence-corrected chi connectivity index (χ0v) is 14.5. The van der Waals surface area contributed by atoms with Crippen molar-refractivity contribution in [1.82, 2.24) is 10.2 Å². The molecule has 5 heteroatoms. The first-order valence-electron chi connectivity index (χ1n) is 8.75. The number of carboxylic acid groups (broad SMARTS) is 1. The minimum Gasteiger partial charge on any atom is -0.481 e. The molecule has 5 nitrogen and oxygen atoms in total. The predicted molar refractivity (Wildman–Crippen MR) is 92.2 cm³/mol. The molecule has 2 amide bonds. The van der Waals surface area contributed by atoms with Crippen LogP contribution in [0.1, 0.15) is 42.4 Å². The molecule has 130 valence electrons. The van der Waals surface area contributed by atoms with Gasteiger partial charge in [-0.25, -0.2) is 4.79 Å². The van der Waals surface area contributed by atoms with Crippen LogP contribution in [-0.2, 0) is 10.2 Å². The predicted octanol–water partition coefficient (Wildman–Crippen LogP) is 2.84. The van der Waals surface area contributed by atoms with E-state index in [1.54, 1.807) is 4.90 Å². The standard InChI is InChI=1S/C19H26N2O3/c1-13-4-5-16(10-14(13)2)19(7-3-8-19)12-20-18(24)21-9-6-15(11-21)17(22)23/h4-5,10,15H,3,6-9,11-12H2,1-2H3,(H,20,24)(H,22,23). The van der Waals surface area contributed by atoms with E-state index in [1.165, 1.54) is 23.1 Å². The van der Waals surface area contributed by atoms with E-state index in [-0.39, 0.29) is 11.4 Å². The van der Waals surface area contributed by atoms with Gasteiger partial charge in [-0.05, 0) is 49.8 Å². The zero-order chi connectivity index (χ0) is 17.3. The second kappa shape index (κ2) is 6.46. The van der Waals surface area contributed by atoms with E-state index in [4.69, 9.17) is 5.11 Å². The largest absolute Gasteiger partial charge is 0.481 e. The van der Waals surface area contributed by atoms with Crippen molar-refractivity contribution >= 4 is 12.0 Å². The van der Waals surface area contributed by atoms with E-state index in [2.05, 4.69) is 37.4 Å². The first kappa shape index (κ1) is 16.8. The van der Waals surface area contributed by atoms with Crippen LogP contribution in [0.15, 0.2) is 18.2 Å². The highest BCUT2D eigenvalue weighted by atomic mass is 16.4. The van der Waals surface area contributed by atoms with Gasteiger partial charge in [0.1, 0.15) is 0 Å². The number of urea groups is 1. The molecular weight excluding hydrogens is 304 g/mol. The van der Waals surface area contributed by atoms with E-state index in [0.717, 1.165) is 12.8 Å². The van der Waals surface area contributed by atoms with Gasteiger partial charge in [0.25, 0.3) is 0 Å². The smallest absolute Gasteiger partial charge is 0.317 e. The molecule has 24 heavy (non-hydrogen) atoms. The van der Waals surface area contributed by atoms with Crippen molar-refractivity contribution < 1.29 is 14.7 Å². The third kappa shape index (κ3) is 3.12. The van der Waals surface area contributed by atoms with Gasteiger partial charge in [-0.15, -0.1) is 0 Å². The van der Waals surface area contributed by atoms with Crippen molar-refractivity contribution in [3.8, 4) is 0 Å². The number of carbonyl (C=O) groups is 2. The average Bonchev–Trinajstić information content (AvgIpc) is 2.99. The number of carbonyl (C=O) groups excluding carboxylic acids is 1. The monoisotopic (exact) mass is 330 g/mol. The van der Waals surface area contributed by atoms with E-state index in [9.17, 15) is 9.59 Å². The number of aliphatic carboxylic acids is 1. The number of rotatable bonds is 4. The van der Waals surface area contributed by atoms with Gasteiger partial charge in [-0.1, -0.05) is 24.6 Å². The topological polar surface area (TPSA) is 69.6 Å². The molecule has 1 unspecified atom stereocenters. The Labute approximate surface area is 143 Å². The fraction of sp³-hybridized carbons (Fsp3) is 0.579. The zero-order valence-electron chi connectivity index (χ0n) is 14.5. The summed E-state index contributed by atoms with van der Waals surface area (Å²) in [5, 5.41) is 12.1. The molecule has 0 radical (unpaired) electrons. The Hall–Kier alpha value is -2.04. The van der Waals surface area contributed by atoms with Gasteiger partial charge in [0, 0.05) is 25.0 Å². The van der Waals surface area contributed by atoms with Crippen LogP contribution >= 0.6 is 0 Å². The molecule has 2 aliphatic rings. The Morgan fingerprint density at radius 3 is 2.58 bits per heavy atom. The minimum absolute atomic E-state index is 0.0417. The molecule has 1 saturated carbocycles. The third-order valence-electron chi connectivity index (χ3n) is 5.83. The Kier molecular flexibility index (Phi) is 4.52. The highest BCUT2D eigenvalue weighted by Gasteiger charge is 2.40. The van der Waals surface area contributed by atoms with E-state index < -0.39 is 11.9 Å². The molecule has 0 bridgehead atoms. The summed E-state index contributed by atoms with van der Waals surface area (Å²) in [5.41, 5.74) is 3.92. The summed E-state index contributed by atoms with van der Waals surface area (Å²) in [6.45, 7) is 5.71. The van der Waals surface area contributed by atoms with Crippen molar-refractivity contribution in [2.24, 2.45) is 5.92 Å². The first-order chi connectivity index (χ1) is 11.4. The minimum atomic E-state index is -0.809. The van der Waals surface area contributed by atoms with Crippen LogP contribution in [0, 0.1) is 19.8 Å². The summed E-state index contributed by atoms with van der Waals surface area (Å²) < 4.78 is 0. The van der Waals surface area contributed by atoms with Crippen molar-refractivity contribution in [3.63, 3.8) is 0 Å². The first-order valence-corrected chi connectivity index (χ1v) is 8.75. The summed E-state index contributed by atoms with van der Waals surface area (Å²) in [5.74, 6) is -1.23. The van der Waals surface area contributed by atoms with E-state index in [1.807, 2.05) is 0 Å². The average molecular weight is 330 g/mol. The highest BCUT2D eigenvalue weighted by molar-refractivity contribution is 5.77. The number of nitrogens with one attached hydrogen (secondary N) is 1. The second-order valence-corrected chi connectivity index (χ2v) is 7.36. The molecule has 1 aliphatic carbocycles. The van der Waals surface area contributed by atoms with Crippen molar-refractivity contribution in [3.05, 3.63) is 34.9 Å². The Morgan fingerprint density at radius 1 is 1.29 bits per heavy atom. The van der Waals surface area contributed by atoms with Gasteiger partial charge >= 0.3 is 12.0 Å². The molecule has 1 heterocycles. The third-order valence-corrected chi connectivity index (χ3v) is 5.83. The summed E-state index contributed by atoms with van der Waals surface area (Å²) in [6, 6.07) is 6.46. The molecule has 0 spiro atoms. The number of hydrogen-bond acceptors (Lipinski definition) is 2. The van der Waals surface area contributed by atoms with Crippen LogP contribution < -0.4 is 5.32 Å². The van der Waals surface area contributed by atoms with Crippen LogP contribution in [0.4, 0.5) is 4.79 Å². The van der Waals surface area contributed by atoms with Gasteiger partial charge in [-0.2, -0.15) is 0 Å². The van der Waals surface area contributed by atoms with Gasteiger partial charge in [-0.3, -0.25) is 4.79 Å². The maximum absolute atomic E-state index is 12.4. The maximum atomic E-state index is 12.4. The van der Waals surface area contributed by atoms with Gasteiger partial charge in [0.2, 0.25) is 0 Å². The van der Waals surface area contributed by atoms with Crippen molar-refractivity contribution in [2.75, 3.05) is 19.6 Å². The molecular formula is C19H26N2O3.